The van der Waals surface area contributed by atoms with Crippen molar-refractivity contribution in [1.29, 1.82) is 0 Å². The lowest BCUT2D eigenvalue weighted by atomic mass is 11.5. The van der Waals surface area contributed by atoms with E-state index in [-0.39, 0.29) is 0 Å². The van der Waals surface area contributed by atoms with Gasteiger partial charge in [0.1, 0.15) is 5.88 Å². The van der Waals surface area contributed by atoms with Crippen molar-refractivity contribution >= 4 is 40.7 Å². The smallest absolute Gasteiger partial charge is 0.152 e. The second-order valence-electron chi connectivity index (χ2n) is 1.22. The van der Waals surface area contributed by atoms with Gasteiger partial charge in [-0.15, -0.1) is 11.8 Å². The zero-order valence-electron chi connectivity index (χ0n) is 4.37. The third kappa shape index (κ3) is 1.50. The van der Waals surface area contributed by atoms with Gasteiger partial charge in [0.15, 0.2) is 4.38 Å². The molecule has 0 fully saturated rings. The summed E-state index contributed by atoms with van der Waals surface area (Å²) in [5.41, 5.74) is 0. The van der Waals surface area contributed by atoms with Gasteiger partial charge in [-0.2, -0.15) is 5.10 Å². The molecule has 8 heavy (non-hydrogen) atoms. The molecule has 1 heterocycles. The molecular weight excluding hydrogens is 160 g/mol. The number of hydrazone groups is 1. The maximum absolute atomic E-state index is 4.05. The van der Waals surface area contributed by atoms with Crippen LogP contribution in [0.2, 0.25) is 0 Å². The number of hydrogen-bond acceptors (Lipinski definition) is 5. The van der Waals surface area contributed by atoms with Gasteiger partial charge in [-0.25, -0.2) is 4.41 Å². The summed E-state index contributed by atoms with van der Waals surface area (Å²) in [6.07, 6.45) is 2.01. The number of thiol groups is 1. The van der Waals surface area contributed by atoms with Gasteiger partial charge in [-0.3, -0.25) is 0 Å². The Morgan fingerprint density at radius 2 is 2.75 bits per heavy atom. The Bertz CT molecular complexity index is 113. The fourth-order valence-electron chi connectivity index (χ4n) is 0.365. The van der Waals surface area contributed by atoms with Crippen LogP contribution in [-0.2, 0) is 0 Å². The molecule has 0 atom stereocenters. The van der Waals surface area contributed by atoms with Crippen molar-refractivity contribution in [3.05, 3.63) is 0 Å². The molecule has 1 rings (SSSR count). The molecule has 0 bridgehead atoms. The molecule has 0 saturated carbocycles. The standard InChI is InChI=1S/C3H6N2S3/c1-7-3-4-5(6)2-8-3/h6H,2H2,1H3. The zero-order chi connectivity index (χ0) is 5.98. The van der Waals surface area contributed by atoms with E-state index >= 15 is 0 Å². The van der Waals surface area contributed by atoms with Crippen LogP contribution in [0, 0.1) is 0 Å². The van der Waals surface area contributed by atoms with Crippen molar-refractivity contribution in [3.8, 4) is 0 Å². The van der Waals surface area contributed by atoms with Gasteiger partial charge in [0, 0.05) is 0 Å². The van der Waals surface area contributed by atoms with Crippen LogP contribution < -0.4 is 0 Å². The van der Waals surface area contributed by atoms with E-state index in [9.17, 15) is 0 Å². The first-order valence-corrected chi connectivity index (χ1v) is 4.66. The number of hydrogen-bond donors (Lipinski definition) is 1. The molecule has 0 saturated heterocycles. The molecule has 1 aliphatic heterocycles. The Morgan fingerprint density at radius 3 is 3.00 bits per heavy atom. The number of thioether (sulfide) groups is 2. The molecule has 0 aromatic heterocycles. The lowest BCUT2D eigenvalue weighted by Gasteiger charge is -1.96. The molecule has 1 aliphatic rings. The second kappa shape index (κ2) is 2.89. The van der Waals surface area contributed by atoms with E-state index in [1.165, 1.54) is 0 Å². The van der Waals surface area contributed by atoms with Gasteiger partial charge < -0.3 is 0 Å². The Balaban J connectivity index is 2.44. The van der Waals surface area contributed by atoms with E-state index < -0.39 is 0 Å². The highest BCUT2D eigenvalue weighted by Crippen LogP contribution is 2.23. The lowest BCUT2D eigenvalue weighted by Crippen LogP contribution is -1.93. The average molecular weight is 166 g/mol. The highest BCUT2D eigenvalue weighted by Gasteiger charge is 2.09. The predicted octanol–water partition coefficient (Wildman–Crippen LogP) is 1.47. The van der Waals surface area contributed by atoms with Crippen molar-refractivity contribution in [2.45, 2.75) is 0 Å². The van der Waals surface area contributed by atoms with E-state index in [0.717, 1.165) is 10.3 Å². The van der Waals surface area contributed by atoms with E-state index in [1.54, 1.807) is 27.9 Å². The summed E-state index contributed by atoms with van der Waals surface area (Å²) in [5, 5.41) is 4.05. The Kier molecular flexibility index (Phi) is 2.40. The molecule has 0 aromatic carbocycles. The van der Waals surface area contributed by atoms with E-state index in [4.69, 9.17) is 0 Å². The molecule has 0 aromatic rings. The van der Waals surface area contributed by atoms with Crippen LogP contribution >= 0.6 is 36.3 Å². The topological polar surface area (TPSA) is 15.6 Å². The fourth-order valence-corrected chi connectivity index (χ4v) is 2.00. The molecule has 0 N–H and O–H groups in total. The molecule has 46 valence electrons. The minimum absolute atomic E-state index is 0.874. The van der Waals surface area contributed by atoms with Crippen LogP contribution in [0.25, 0.3) is 0 Å². The van der Waals surface area contributed by atoms with Gasteiger partial charge in [-0.05, 0) is 19.1 Å². The van der Waals surface area contributed by atoms with Crippen LogP contribution in [-0.4, -0.2) is 20.9 Å². The normalized spacial score (nSPS) is 19.2. The maximum atomic E-state index is 4.05. The highest BCUT2D eigenvalue weighted by molar-refractivity contribution is 8.38. The maximum Gasteiger partial charge on any atom is 0.152 e. The number of nitrogens with zero attached hydrogens (tertiary/aromatic N) is 2. The van der Waals surface area contributed by atoms with Crippen LogP contribution in [0.4, 0.5) is 0 Å². The third-order valence-electron chi connectivity index (χ3n) is 0.675. The highest BCUT2D eigenvalue weighted by atomic mass is 32.2. The van der Waals surface area contributed by atoms with Crippen LogP contribution in [0.1, 0.15) is 0 Å². The second-order valence-corrected chi connectivity index (χ2v) is 3.66. The predicted molar refractivity (Wildman–Crippen MR) is 44.2 cm³/mol. The first-order chi connectivity index (χ1) is 3.83. The largest absolute Gasteiger partial charge is 0.230 e. The van der Waals surface area contributed by atoms with E-state index in [0.29, 0.717) is 0 Å². The Labute approximate surface area is 62.6 Å². The third-order valence-corrected chi connectivity index (χ3v) is 3.08. The quantitative estimate of drug-likeness (QED) is 0.549. The minimum Gasteiger partial charge on any atom is -0.230 e. The Hall–Kier alpha value is 0.520. The van der Waals surface area contributed by atoms with E-state index in [2.05, 4.69) is 17.9 Å². The van der Waals surface area contributed by atoms with Crippen molar-refractivity contribution in [2.75, 3.05) is 12.1 Å². The summed E-state index contributed by atoms with van der Waals surface area (Å²) in [4.78, 5) is 0. The van der Waals surface area contributed by atoms with Crippen LogP contribution in [0.3, 0.4) is 0 Å². The molecule has 0 amide bonds. The molecule has 5 heteroatoms. The van der Waals surface area contributed by atoms with Crippen LogP contribution in [0.5, 0.6) is 0 Å². The van der Waals surface area contributed by atoms with Gasteiger partial charge in [0.05, 0.1) is 0 Å². The monoisotopic (exact) mass is 166 g/mol. The van der Waals surface area contributed by atoms with Crippen molar-refractivity contribution in [2.24, 2.45) is 5.10 Å². The van der Waals surface area contributed by atoms with Crippen molar-refractivity contribution < 1.29 is 0 Å². The fraction of sp³-hybridized carbons (Fsp3) is 0.667. The summed E-state index contributed by atoms with van der Waals surface area (Å²) in [6, 6.07) is 0. The first kappa shape index (κ1) is 6.64. The summed E-state index contributed by atoms with van der Waals surface area (Å²) < 4.78 is 2.73. The van der Waals surface area contributed by atoms with Crippen molar-refractivity contribution in [3.63, 3.8) is 0 Å². The van der Waals surface area contributed by atoms with Crippen LogP contribution in [0.15, 0.2) is 5.10 Å². The summed E-state index contributed by atoms with van der Waals surface area (Å²) >= 11 is 7.39. The Morgan fingerprint density at radius 1 is 2.00 bits per heavy atom. The first-order valence-electron chi connectivity index (χ1n) is 2.05. The minimum atomic E-state index is 0.874. The van der Waals surface area contributed by atoms with Gasteiger partial charge in [0.2, 0.25) is 0 Å². The van der Waals surface area contributed by atoms with Crippen molar-refractivity contribution in [1.82, 2.24) is 4.41 Å². The number of rotatable bonds is 0. The molecule has 0 aliphatic carbocycles. The zero-order valence-corrected chi connectivity index (χ0v) is 6.89. The molecule has 2 nitrogen and oxygen atoms in total. The average Bonchev–Trinajstić information content (AvgIpc) is 2.14. The lowest BCUT2D eigenvalue weighted by molar-refractivity contribution is 0.616. The molecule has 0 radical (unpaired) electrons. The summed E-state index contributed by atoms with van der Waals surface area (Å²) in [7, 11) is 0. The van der Waals surface area contributed by atoms with Gasteiger partial charge in [0.25, 0.3) is 0 Å². The SMILES string of the molecule is CSC1=NN(S)CS1. The summed E-state index contributed by atoms with van der Waals surface area (Å²) in [5.74, 6) is 0.874. The molecular formula is C3H6N2S3. The van der Waals surface area contributed by atoms with E-state index in [1.807, 2.05) is 6.26 Å². The molecule has 0 unspecified atom stereocenters. The molecule has 0 spiro atoms. The van der Waals surface area contributed by atoms with Gasteiger partial charge >= 0.3 is 0 Å². The summed E-state index contributed by atoms with van der Waals surface area (Å²) in [6.45, 7) is 0. The van der Waals surface area contributed by atoms with Gasteiger partial charge in [-0.1, -0.05) is 11.8 Å².